The second kappa shape index (κ2) is 5.29. The Bertz CT molecular complexity index is 426. The van der Waals surface area contributed by atoms with Crippen LogP contribution >= 0.6 is 11.6 Å². The molecule has 0 saturated heterocycles. The van der Waals surface area contributed by atoms with Gasteiger partial charge in [0.05, 0.1) is 5.41 Å². The zero-order valence-corrected chi connectivity index (χ0v) is 11.6. The number of amides is 1. The highest BCUT2D eigenvalue weighted by Crippen LogP contribution is 2.49. The van der Waals surface area contributed by atoms with Crippen LogP contribution in [0.25, 0.3) is 0 Å². The lowest BCUT2D eigenvalue weighted by Crippen LogP contribution is -2.39. The first-order valence-electron chi connectivity index (χ1n) is 6.26. The molecular weight excluding hydrogens is 248 g/mol. The smallest absolute Gasteiger partial charge is 0.233 e. The van der Waals surface area contributed by atoms with Gasteiger partial charge in [0.25, 0.3) is 0 Å². The predicted molar refractivity (Wildman–Crippen MR) is 73.9 cm³/mol. The van der Waals surface area contributed by atoms with Gasteiger partial charge in [-0.15, -0.1) is 0 Å². The van der Waals surface area contributed by atoms with Crippen LogP contribution in [0.1, 0.15) is 18.4 Å². The maximum Gasteiger partial charge on any atom is 0.233 e. The van der Waals surface area contributed by atoms with E-state index < -0.39 is 0 Å². The van der Waals surface area contributed by atoms with Crippen LogP contribution in [0, 0.1) is 0 Å². The van der Waals surface area contributed by atoms with Crippen molar-refractivity contribution in [3.63, 3.8) is 0 Å². The Morgan fingerprint density at radius 3 is 2.50 bits per heavy atom. The summed E-state index contributed by atoms with van der Waals surface area (Å²) in [5, 5.41) is 3.77. The highest BCUT2D eigenvalue weighted by molar-refractivity contribution is 6.30. The molecule has 4 heteroatoms. The van der Waals surface area contributed by atoms with Crippen LogP contribution in [0.5, 0.6) is 0 Å². The molecule has 1 aliphatic carbocycles. The lowest BCUT2D eigenvalue weighted by Gasteiger charge is -2.23. The SMILES string of the molecule is CNCCN(C)C(=O)C1(c2ccc(Cl)cc2)CC1. The van der Waals surface area contributed by atoms with Crippen molar-refractivity contribution in [1.29, 1.82) is 0 Å². The van der Waals surface area contributed by atoms with Gasteiger partial charge in [-0.3, -0.25) is 4.79 Å². The maximum atomic E-state index is 12.5. The topological polar surface area (TPSA) is 32.3 Å². The minimum absolute atomic E-state index is 0.222. The summed E-state index contributed by atoms with van der Waals surface area (Å²) < 4.78 is 0. The van der Waals surface area contributed by atoms with E-state index in [-0.39, 0.29) is 11.3 Å². The molecule has 98 valence electrons. The van der Waals surface area contributed by atoms with E-state index in [0.29, 0.717) is 5.02 Å². The van der Waals surface area contributed by atoms with Gasteiger partial charge in [0.15, 0.2) is 0 Å². The van der Waals surface area contributed by atoms with Crippen molar-refractivity contribution in [1.82, 2.24) is 10.2 Å². The molecule has 1 amide bonds. The number of benzene rings is 1. The number of likely N-dealkylation sites (N-methyl/N-ethyl adjacent to an activating group) is 2. The van der Waals surface area contributed by atoms with Crippen molar-refractivity contribution in [2.45, 2.75) is 18.3 Å². The van der Waals surface area contributed by atoms with Crippen molar-refractivity contribution in [3.05, 3.63) is 34.9 Å². The van der Waals surface area contributed by atoms with Gasteiger partial charge in [-0.1, -0.05) is 23.7 Å². The van der Waals surface area contributed by atoms with E-state index in [2.05, 4.69) is 5.32 Å². The van der Waals surface area contributed by atoms with Crippen LogP contribution in [-0.2, 0) is 10.2 Å². The number of nitrogens with zero attached hydrogens (tertiary/aromatic N) is 1. The molecule has 18 heavy (non-hydrogen) atoms. The molecule has 0 atom stereocenters. The van der Waals surface area contributed by atoms with Crippen LogP contribution in [0.15, 0.2) is 24.3 Å². The highest BCUT2D eigenvalue weighted by atomic mass is 35.5. The lowest BCUT2D eigenvalue weighted by atomic mass is 9.94. The Labute approximate surface area is 113 Å². The summed E-state index contributed by atoms with van der Waals surface area (Å²) in [6, 6.07) is 7.66. The van der Waals surface area contributed by atoms with E-state index in [1.54, 1.807) is 0 Å². The average Bonchev–Trinajstić information content (AvgIpc) is 3.17. The number of hydrogen-bond acceptors (Lipinski definition) is 2. The summed E-state index contributed by atoms with van der Waals surface area (Å²) >= 11 is 5.89. The summed E-state index contributed by atoms with van der Waals surface area (Å²) in [5.41, 5.74) is 0.806. The number of hydrogen-bond donors (Lipinski definition) is 1. The van der Waals surface area contributed by atoms with Crippen molar-refractivity contribution in [3.8, 4) is 0 Å². The van der Waals surface area contributed by atoms with Gasteiger partial charge in [0.2, 0.25) is 5.91 Å². The molecular formula is C14H19ClN2O. The Balaban J connectivity index is 2.11. The average molecular weight is 267 g/mol. The van der Waals surface area contributed by atoms with E-state index in [1.165, 1.54) is 0 Å². The van der Waals surface area contributed by atoms with Gasteiger partial charge in [-0.2, -0.15) is 0 Å². The van der Waals surface area contributed by atoms with E-state index >= 15 is 0 Å². The number of carbonyl (C=O) groups is 1. The maximum absolute atomic E-state index is 12.5. The molecule has 0 heterocycles. The summed E-state index contributed by atoms with van der Waals surface area (Å²) in [5.74, 6) is 0.222. The zero-order chi connectivity index (χ0) is 13.2. The molecule has 1 fully saturated rings. The van der Waals surface area contributed by atoms with Crippen molar-refractivity contribution in [2.24, 2.45) is 0 Å². The van der Waals surface area contributed by atoms with E-state index in [9.17, 15) is 4.79 Å². The van der Waals surface area contributed by atoms with Crippen LogP contribution in [0.4, 0.5) is 0 Å². The fraction of sp³-hybridized carbons (Fsp3) is 0.500. The van der Waals surface area contributed by atoms with E-state index in [1.807, 2.05) is 43.3 Å². The molecule has 0 aromatic heterocycles. The van der Waals surface area contributed by atoms with Crippen LogP contribution in [0.2, 0.25) is 5.02 Å². The second-order valence-electron chi connectivity index (χ2n) is 4.92. The Hall–Kier alpha value is -1.06. The molecule has 0 bridgehead atoms. The largest absolute Gasteiger partial charge is 0.344 e. The number of rotatable bonds is 5. The fourth-order valence-electron chi connectivity index (χ4n) is 2.27. The predicted octanol–water partition coefficient (Wildman–Crippen LogP) is 2.05. The van der Waals surface area contributed by atoms with Crippen LogP contribution in [-0.4, -0.2) is 38.0 Å². The first-order chi connectivity index (χ1) is 8.60. The molecule has 1 saturated carbocycles. The lowest BCUT2D eigenvalue weighted by molar-refractivity contribution is -0.132. The normalized spacial score (nSPS) is 16.4. The Morgan fingerprint density at radius 1 is 1.39 bits per heavy atom. The van der Waals surface area contributed by atoms with Gasteiger partial charge in [-0.25, -0.2) is 0 Å². The molecule has 1 aromatic carbocycles. The van der Waals surface area contributed by atoms with Crippen LogP contribution in [0.3, 0.4) is 0 Å². The first kappa shape index (κ1) is 13.4. The Morgan fingerprint density at radius 2 is 2.00 bits per heavy atom. The van der Waals surface area contributed by atoms with Gasteiger partial charge < -0.3 is 10.2 Å². The van der Waals surface area contributed by atoms with E-state index in [4.69, 9.17) is 11.6 Å². The Kier molecular flexibility index (Phi) is 3.93. The minimum atomic E-state index is -0.285. The zero-order valence-electron chi connectivity index (χ0n) is 10.9. The molecule has 0 unspecified atom stereocenters. The second-order valence-corrected chi connectivity index (χ2v) is 5.36. The van der Waals surface area contributed by atoms with Gasteiger partial charge in [0.1, 0.15) is 0 Å². The highest BCUT2D eigenvalue weighted by Gasteiger charge is 2.52. The van der Waals surface area contributed by atoms with Crippen LogP contribution < -0.4 is 5.32 Å². The van der Waals surface area contributed by atoms with E-state index in [0.717, 1.165) is 31.5 Å². The number of halogens is 1. The summed E-state index contributed by atoms with van der Waals surface area (Å²) in [7, 11) is 3.76. The quantitative estimate of drug-likeness (QED) is 0.885. The fourth-order valence-corrected chi connectivity index (χ4v) is 2.39. The van der Waals surface area contributed by atoms with Gasteiger partial charge in [-0.05, 0) is 37.6 Å². The number of nitrogens with one attached hydrogen (secondary N) is 1. The summed E-state index contributed by atoms with van der Waals surface area (Å²) in [4.78, 5) is 14.3. The molecule has 1 N–H and O–H groups in total. The minimum Gasteiger partial charge on any atom is -0.344 e. The standard InChI is InChI=1S/C14H19ClN2O/c1-16-9-10-17(2)13(18)14(7-8-14)11-3-5-12(15)6-4-11/h3-6,16H,7-10H2,1-2H3. The monoisotopic (exact) mass is 266 g/mol. The molecule has 0 aliphatic heterocycles. The molecule has 1 aromatic rings. The third kappa shape index (κ3) is 2.52. The van der Waals surface area contributed by atoms with Crippen molar-refractivity contribution < 1.29 is 4.79 Å². The van der Waals surface area contributed by atoms with Crippen molar-refractivity contribution in [2.75, 3.05) is 27.2 Å². The van der Waals surface area contributed by atoms with Gasteiger partial charge >= 0.3 is 0 Å². The third-order valence-electron chi connectivity index (χ3n) is 3.60. The molecule has 2 rings (SSSR count). The molecule has 1 aliphatic rings. The number of carbonyl (C=O) groups excluding carboxylic acids is 1. The summed E-state index contributed by atoms with van der Waals surface area (Å²) in [6.07, 6.45) is 1.88. The summed E-state index contributed by atoms with van der Waals surface area (Å²) in [6.45, 7) is 1.56. The van der Waals surface area contributed by atoms with Crippen molar-refractivity contribution >= 4 is 17.5 Å². The molecule has 0 spiro atoms. The molecule has 3 nitrogen and oxygen atoms in total. The first-order valence-corrected chi connectivity index (χ1v) is 6.64. The molecule has 0 radical (unpaired) electrons. The van der Waals surface area contributed by atoms with Gasteiger partial charge in [0, 0.05) is 25.2 Å². The third-order valence-corrected chi connectivity index (χ3v) is 3.85.